The smallest absolute Gasteiger partial charge is 0.0686 e. The van der Waals surface area contributed by atoms with Gasteiger partial charge in [0.1, 0.15) is 0 Å². The minimum absolute atomic E-state index is 0.326. The predicted molar refractivity (Wildman–Crippen MR) is 76.5 cm³/mol. The topological polar surface area (TPSA) is 35.5 Å². The molecule has 4 heteroatoms. The first-order valence-electron chi connectivity index (χ1n) is 5.93. The number of aliphatic hydroxyl groups is 1. The third kappa shape index (κ3) is 4.66. The number of nitrogens with one attached hydrogen (secondary N) is 1. The lowest BCUT2D eigenvalue weighted by Crippen LogP contribution is -2.27. The Bertz CT molecular complexity index is 355. The van der Waals surface area contributed by atoms with E-state index in [2.05, 4.69) is 46.4 Å². The highest BCUT2D eigenvalue weighted by molar-refractivity contribution is 9.10. The lowest BCUT2D eigenvalue weighted by Gasteiger charge is -2.22. The second-order valence-corrected chi connectivity index (χ2v) is 5.15. The molecule has 17 heavy (non-hydrogen) atoms. The van der Waals surface area contributed by atoms with Crippen LogP contribution < -0.4 is 10.2 Å². The van der Waals surface area contributed by atoms with E-state index >= 15 is 0 Å². The number of rotatable bonds is 6. The van der Waals surface area contributed by atoms with Crippen LogP contribution in [0.5, 0.6) is 0 Å². The second kappa shape index (κ2) is 6.99. The van der Waals surface area contributed by atoms with Gasteiger partial charge in [-0.2, -0.15) is 0 Å². The molecule has 0 aliphatic heterocycles. The van der Waals surface area contributed by atoms with Crippen molar-refractivity contribution in [2.45, 2.75) is 26.5 Å². The fourth-order valence-electron chi connectivity index (χ4n) is 1.73. The molecule has 3 nitrogen and oxygen atoms in total. The maximum atomic E-state index is 9.38. The van der Waals surface area contributed by atoms with Crippen LogP contribution in [0.15, 0.2) is 22.7 Å². The van der Waals surface area contributed by atoms with Gasteiger partial charge in [-0.05, 0) is 47.1 Å². The third-order valence-corrected chi connectivity index (χ3v) is 3.18. The molecule has 0 aliphatic carbocycles. The largest absolute Gasteiger partial charge is 0.392 e. The van der Waals surface area contributed by atoms with Gasteiger partial charge in [0, 0.05) is 24.6 Å². The molecule has 0 saturated carbocycles. The normalized spacial score (nSPS) is 12.5. The number of aliphatic hydroxyl groups excluding tert-OH is 1. The van der Waals surface area contributed by atoms with E-state index in [-0.39, 0.29) is 6.10 Å². The Balaban J connectivity index is 2.74. The Labute approximate surface area is 112 Å². The summed E-state index contributed by atoms with van der Waals surface area (Å²) in [6.07, 6.45) is -0.326. The monoisotopic (exact) mass is 300 g/mol. The Hall–Kier alpha value is -0.580. The van der Waals surface area contributed by atoms with Crippen LogP contribution in [0.2, 0.25) is 0 Å². The molecule has 0 fully saturated rings. The van der Waals surface area contributed by atoms with Gasteiger partial charge in [0.15, 0.2) is 0 Å². The number of benzene rings is 1. The fourth-order valence-corrected chi connectivity index (χ4v) is 2.46. The molecule has 0 aliphatic rings. The lowest BCUT2D eigenvalue weighted by atomic mass is 10.2. The average Bonchev–Trinajstić information content (AvgIpc) is 2.25. The quantitative estimate of drug-likeness (QED) is 0.847. The van der Waals surface area contributed by atoms with Crippen LogP contribution in [0.3, 0.4) is 0 Å². The van der Waals surface area contributed by atoms with Crippen molar-refractivity contribution in [1.82, 2.24) is 5.32 Å². The average molecular weight is 301 g/mol. The van der Waals surface area contributed by atoms with Gasteiger partial charge < -0.3 is 15.3 Å². The van der Waals surface area contributed by atoms with E-state index in [0.717, 1.165) is 23.2 Å². The minimum atomic E-state index is -0.326. The molecule has 0 spiro atoms. The van der Waals surface area contributed by atoms with Crippen molar-refractivity contribution in [1.29, 1.82) is 0 Å². The van der Waals surface area contributed by atoms with Crippen molar-refractivity contribution >= 4 is 21.6 Å². The number of hydrogen-bond donors (Lipinski definition) is 2. The van der Waals surface area contributed by atoms with Crippen LogP contribution in [0.25, 0.3) is 0 Å². The summed E-state index contributed by atoms with van der Waals surface area (Å²) in [5, 5.41) is 12.7. The predicted octanol–water partition coefficient (Wildman–Crippen LogP) is 2.38. The highest BCUT2D eigenvalue weighted by atomic mass is 79.9. The first-order chi connectivity index (χ1) is 8.04. The molecule has 2 N–H and O–H groups in total. The lowest BCUT2D eigenvalue weighted by molar-refractivity contribution is 0.201. The number of halogens is 1. The maximum absolute atomic E-state index is 9.38. The molecule has 1 aromatic carbocycles. The molecular formula is C13H21BrN2O. The van der Waals surface area contributed by atoms with Crippen molar-refractivity contribution < 1.29 is 5.11 Å². The Morgan fingerprint density at radius 2 is 2.18 bits per heavy atom. The highest BCUT2D eigenvalue weighted by Gasteiger charge is 2.08. The fraction of sp³-hybridized carbons (Fsp3) is 0.538. The van der Waals surface area contributed by atoms with E-state index in [1.807, 2.05) is 11.9 Å². The summed E-state index contributed by atoms with van der Waals surface area (Å²) >= 11 is 3.58. The number of hydrogen-bond acceptors (Lipinski definition) is 3. The summed E-state index contributed by atoms with van der Waals surface area (Å²) in [5.41, 5.74) is 2.36. The molecule has 1 atom stereocenters. The molecule has 1 rings (SSSR count). The molecular weight excluding hydrogens is 280 g/mol. The standard InChI is InChI=1S/C13H21BrN2O/c1-4-15-8-11-5-6-13(12(14)7-11)16(3)9-10(2)17/h5-7,10,15,17H,4,8-9H2,1-3H3. The van der Waals surface area contributed by atoms with E-state index in [1.165, 1.54) is 5.56 Å². The first-order valence-corrected chi connectivity index (χ1v) is 6.72. The van der Waals surface area contributed by atoms with Gasteiger partial charge in [-0.3, -0.25) is 0 Å². The van der Waals surface area contributed by atoms with Crippen molar-refractivity contribution in [3.05, 3.63) is 28.2 Å². The summed E-state index contributed by atoms with van der Waals surface area (Å²) in [6.45, 7) is 6.38. The second-order valence-electron chi connectivity index (χ2n) is 4.30. The van der Waals surface area contributed by atoms with Crippen molar-refractivity contribution in [2.24, 2.45) is 0 Å². The number of likely N-dealkylation sites (N-methyl/N-ethyl adjacent to an activating group) is 1. The summed E-state index contributed by atoms with van der Waals surface area (Å²) < 4.78 is 1.07. The zero-order valence-corrected chi connectivity index (χ0v) is 12.3. The first kappa shape index (κ1) is 14.5. The molecule has 0 heterocycles. The summed E-state index contributed by atoms with van der Waals surface area (Å²) in [7, 11) is 1.98. The zero-order chi connectivity index (χ0) is 12.8. The van der Waals surface area contributed by atoms with Gasteiger partial charge in [-0.1, -0.05) is 13.0 Å². The SMILES string of the molecule is CCNCc1ccc(N(C)CC(C)O)c(Br)c1. The van der Waals surface area contributed by atoms with Crippen LogP contribution in [0.4, 0.5) is 5.69 Å². The van der Waals surface area contributed by atoms with Crippen LogP contribution in [-0.2, 0) is 6.54 Å². The summed E-state index contributed by atoms with van der Waals surface area (Å²) in [5.74, 6) is 0. The van der Waals surface area contributed by atoms with Crippen LogP contribution >= 0.6 is 15.9 Å². The van der Waals surface area contributed by atoms with Crippen LogP contribution in [0, 0.1) is 0 Å². The number of anilines is 1. The van der Waals surface area contributed by atoms with E-state index in [4.69, 9.17) is 0 Å². The Morgan fingerprint density at radius 1 is 1.47 bits per heavy atom. The van der Waals surface area contributed by atoms with E-state index < -0.39 is 0 Å². The maximum Gasteiger partial charge on any atom is 0.0686 e. The molecule has 0 aromatic heterocycles. The van der Waals surface area contributed by atoms with Gasteiger partial charge in [0.25, 0.3) is 0 Å². The van der Waals surface area contributed by atoms with Gasteiger partial charge >= 0.3 is 0 Å². The van der Waals surface area contributed by atoms with Crippen molar-refractivity contribution in [2.75, 3.05) is 25.0 Å². The molecule has 0 bridgehead atoms. The molecule has 1 unspecified atom stereocenters. The Morgan fingerprint density at radius 3 is 2.71 bits per heavy atom. The summed E-state index contributed by atoms with van der Waals surface area (Å²) in [4.78, 5) is 2.05. The molecule has 0 saturated heterocycles. The third-order valence-electron chi connectivity index (χ3n) is 2.54. The molecule has 96 valence electrons. The van der Waals surface area contributed by atoms with Gasteiger partial charge in [0.2, 0.25) is 0 Å². The number of nitrogens with zero attached hydrogens (tertiary/aromatic N) is 1. The Kier molecular flexibility index (Phi) is 5.95. The van der Waals surface area contributed by atoms with Crippen LogP contribution in [0.1, 0.15) is 19.4 Å². The van der Waals surface area contributed by atoms with Gasteiger partial charge in [0.05, 0.1) is 11.8 Å². The van der Waals surface area contributed by atoms with E-state index in [0.29, 0.717) is 6.54 Å². The van der Waals surface area contributed by atoms with Crippen LogP contribution in [-0.4, -0.2) is 31.3 Å². The minimum Gasteiger partial charge on any atom is -0.392 e. The van der Waals surface area contributed by atoms with Gasteiger partial charge in [-0.15, -0.1) is 0 Å². The molecule has 0 amide bonds. The van der Waals surface area contributed by atoms with E-state index in [1.54, 1.807) is 6.92 Å². The van der Waals surface area contributed by atoms with Crippen molar-refractivity contribution in [3.8, 4) is 0 Å². The molecule has 1 aromatic rings. The zero-order valence-electron chi connectivity index (χ0n) is 10.7. The highest BCUT2D eigenvalue weighted by Crippen LogP contribution is 2.26. The van der Waals surface area contributed by atoms with Crippen molar-refractivity contribution in [3.63, 3.8) is 0 Å². The van der Waals surface area contributed by atoms with E-state index in [9.17, 15) is 5.11 Å². The summed E-state index contributed by atoms with van der Waals surface area (Å²) in [6, 6.07) is 6.32. The van der Waals surface area contributed by atoms with Gasteiger partial charge in [-0.25, -0.2) is 0 Å². The molecule has 0 radical (unpaired) electrons.